The summed E-state index contributed by atoms with van der Waals surface area (Å²) in [6.45, 7) is 0.108. The largest absolute Gasteiger partial charge is 0.396 e. The Morgan fingerprint density at radius 1 is 1.25 bits per heavy atom. The van der Waals surface area contributed by atoms with Gasteiger partial charge in [-0.2, -0.15) is 0 Å². The van der Waals surface area contributed by atoms with Crippen LogP contribution in [0.5, 0.6) is 0 Å². The number of halogens is 2. The predicted octanol–water partition coefficient (Wildman–Crippen LogP) is 3.00. The van der Waals surface area contributed by atoms with Gasteiger partial charge in [0.1, 0.15) is 0 Å². The van der Waals surface area contributed by atoms with Gasteiger partial charge in [0.15, 0.2) is 0 Å². The van der Waals surface area contributed by atoms with E-state index >= 15 is 0 Å². The summed E-state index contributed by atoms with van der Waals surface area (Å²) in [6.07, 6.45) is 0.573. The van der Waals surface area contributed by atoms with Crippen molar-refractivity contribution in [3.05, 3.63) is 34.9 Å². The number of aliphatic hydroxyl groups excluding tert-OH is 1. The molecular formula is C9H10Cl2O. The predicted molar refractivity (Wildman–Crippen MR) is 51.7 cm³/mol. The second-order valence-corrected chi connectivity index (χ2v) is 3.49. The number of hydrogen-bond acceptors (Lipinski definition) is 1. The first-order valence-electron chi connectivity index (χ1n) is 3.74. The maximum atomic E-state index is 8.64. The standard InChI is InChI=1S/C9H10Cl2O/c10-8-3-1-7(2-4-8)9(11)5-6-12/h1-4,9,12H,5-6H2/t9-/m1/s1. The molecule has 1 rings (SSSR count). The molecule has 0 unspecified atom stereocenters. The lowest BCUT2D eigenvalue weighted by molar-refractivity contribution is 0.286. The molecule has 1 aromatic rings. The van der Waals surface area contributed by atoms with Gasteiger partial charge in [-0.3, -0.25) is 0 Å². The molecule has 12 heavy (non-hydrogen) atoms. The van der Waals surface area contributed by atoms with Crippen LogP contribution in [0, 0.1) is 0 Å². The average molecular weight is 205 g/mol. The highest BCUT2D eigenvalue weighted by Gasteiger charge is 2.05. The number of benzene rings is 1. The Hall–Kier alpha value is -0.240. The molecule has 0 aliphatic heterocycles. The van der Waals surface area contributed by atoms with E-state index < -0.39 is 0 Å². The molecule has 1 atom stereocenters. The minimum absolute atomic E-state index is 0.108. The van der Waals surface area contributed by atoms with Crippen LogP contribution in [0.1, 0.15) is 17.4 Å². The highest BCUT2D eigenvalue weighted by Crippen LogP contribution is 2.24. The quantitative estimate of drug-likeness (QED) is 0.752. The maximum Gasteiger partial charge on any atom is 0.0607 e. The van der Waals surface area contributed by atoms with Crippen molar-refractivity contribution in [2.75, 3.05) is 6.61 Å². The van der Waals surface area contributed by atoms with Crippen molar-refractivity contribution in [3.63, 3.8) is 0 Å². The van der Waals surface area contributed by atoms with Crippen LogP contribution >= 0.6 is 23.2 Å². The third-order valence-corrected chi connectivity index (χ3v) is 2.34. The summed E-state index contributed by atoms with van der Waals surface area (Å²) >= 11 is 11.7. The normalized spacial score (nSPS) is 12.9. The smallest absolute Gasteiger partial charge is 0.0607 e. The van der Waals surface area contributed by atoms with Gasteiger partial charge in [-0.05, 0) is 24.1 Å². The zero-order valence-corrected chi connectivity index (χ0v) is 8.02. The summed E-state index contributed by atoms with van der Waals surface area (Å²) in [7, 11) is 0. The molecule has 0 spiro atoms. The molecule has 1 N–H and O–H groups in total. The molecule has 0 bridgehead atoms. The second-order valence-electron chi connectivity index (χ2n) is 2.53. The fraction of sp³-hybridized carbons (Fsp3) is 0.333. The Labute approximate surface area is 81.9 Å². The first-order chi connectivity index (χ1) is 5.74. The number of hydrogen-bond donors (Lipinski definition) is 1. The summed E-state index contributed by atoms with van der Waals surface area (Å²) in [5.74, 6) is 0. The summed E-state index contributed by atoms with van der Waals surface area (Å²) in [6, 6.07) is 7.33. The lowest BCUT2D eigenvalue weighted by atomic mass is 10.1. The molecule has 0 aliphatic carbocycles. The Morgan fingerprint density at radius 3 is 2.33 bits per heavy atom. The Bertz CT molecular complexity index is 233. The Balaban J connectivity index is 2.68. The molecule has 0 saturated carbocycles. The number of alkyl halides is 1. The molecule has 1 nitrogen and oxygen atoms in total. The lowest BCUT2D eigenvalue weighted by Gasteiger charge is -2.06. The van der Waals surface area contributed by atoms with Crippen molar-refractivity contribution in [3.8, 4) is 0 Å². The Morgan fingerprint density at radius 2 is 1.83 bits per heavy atom. The Kier molecular flexibility index (Phi) is 3.86. The van der Waals surface area contributed by atoms with Gasteiger partial charge in [0.2, 0.25) is 0 Å². The fourth-order valence-corrected chi connectivity index (χ4v) is 1.32. The monoisotopic (exact) mass is 204 g/mol. The van der Waals surface area contributed by atoms with Crippen LogP contribution in [-0.2, 0) is 0 Å². The molecule has 0 amide bonds. The van der Waals surface area contributed by atoms with E-state index in [-0.39, 0.29) is 12.0 Å². The summed E-state index contributed by atoms with van der Waals surface area (Å²) < 4.78 is 0. The third kappa shape index (κ3) is 2.67. The topological polar surface area (TPSA) is 20.2 Å². The zero-order valence-electron chi connectivity index (χ0n) is 6.50. The molecule has 0 fully saturated rings. The highest BCUT2D eigenvalue weighted by molar-refractivity contribution is 6.30. The maximum absolute atomic E-state index is 8.64. The molecule has 1 aromatic carbocycles. The molecule has 0 radical (unpaired) electrons. The van der Waals surface area contributed by atoms with Gasteiger partial charge < -0.3 is 5.11 Å². The van der Waals surface area contributed by atoms with Gasteiger partial charge in [-0.25, -0.2) is 0 Å². The van der Waals surface area contributed by atoms with Gasteiger partial charge in [-0.15, -0.1) is 11.6 Å². The first-order valence-corrected chi connectivity index (χ1v) is 4.56. The van der Waals surface area contributed by atoms with Gasteiger partial charge in [0, 0.05) is 11.6 Å². The molecule has 0 saturated heterocycles. The SMILES string of the molecule is OCC[C@@H](Cl)c1ccc(Cl)cc1. The van der Waals surface area contributed by atoms with E-state index in [1.54, 1.807) is 12.1 Å². The number of aliphatic hydroxyl groups is 1. The van der Waals surface area contributed by atoms with Crippen molar-refractivity contribution in [1.29, 1.82) is 0 Å². The van der Waals surface area contributed by atoms with Crippen LogP contribution in [-0.4, -0.2) is 11.7 Å². The summed E-state index contributed by atoms with van der Waals surface area (Å²) in [5.41, 5.74) is 0.995. The number of rotatable bonds is 3. The van der Waals surface area contributed by atoms with Crippen LogP contribution in [0.15, 0.2) is 24.3 Å². The second kappa shape index (κ2) is 4.70. The molecule has 66 valence electrons. The molecule has 3 heteroatoms. The molecule has 0 aliphatic rings. The van der Waals surface area contributed by atoms with E-state index in [9.17, 15) is 0 Å². The molecule has 0 aromatic heterocycles. The zero-order chi connectivity index (χ0) is 8.97. The van der Waals surface area contributed by atoms with Gasteiger partial charge >= 0.3 is 0 Å². The minimum Gasteiger partial charge on any atom is -0.396 e. The molecular weight excluding hydrogens is 195 g/mol. The van der Waals surface area contributed by atoms with Crippen molar-refractivity contribution in [1.82, 2.24) is 0 Å². The van der Waals surface area contributed by atoms with Gasteiger partial charge in [0.05, 0.1) is 5.38 Å². The van der Waals surface area contributed by atoms with Crippen molar-refractivity contribution < 1.29 is 5.11 Å². The van der Waals surface area contributed by atoms with E-state index in [4.69, 9.17) is 28.3 Å². The lowest BCUT2D eigenvalue weighted by Crippen LogP contribution is -1.93. The van der Waals surface area contributed by atoms with Crippen LogP contribution in [0.4, 0.5) is 0 Å². The summed E-state index contributed by atoms with van der Waals surface area (Å²) in [4.78, 5) is 0. The minimum atomic E-state index is -0.118. The summed E-state index contributed by atoms with van der Waals surface area (Å²) in [5, 5.41) is 9.22. The van der Waals surface area contributed by atoms with Crippen LogP contribution in [0.2, 0.25) is 5.02 Å². The third-order valence-electron chi connectivity index (χ3n) is 1.61. The van der Waals surface area contributed by atoms with Crippen LogP contribution in [0.3, 0.4) is 0 Å². The van der Waals surface area contributed by atoms with E-state index in [1.165, 1.54) is 0 Å². The fourth-order valence-electron chi connectivity index (χ4n) is 0.952. The van der Waals surface area contributed by atoms with Gasteiger partial charge in [0.25, 0.3) is 0 Å². The average Bonchev–Trinajstić information content (AvgIpc) is 2.06. The van der Waals surface area contributed by atoms with Crippen molar-refractivity contribution in [2.45, 2.75) is 11.8 Å². The van der Waals surface area contributed by atoms with E-state index in [2.05, 4.69) is 0 Å². The van der Waals surface area contributed by atoms with Crippen molar-refractivity contribution >= 4 is 23.2 Å². The van der Waals surface area contributed by atoms with Crippen LogP contribution < -0.4 is 0 Å². The molecule has 0 heterocycles. The van der Waals surface area contributed by atoms with E-state index in [1.807, 2.05) is 12.1 Å². The van der Waals surface area contributed by atoms with E-state index in [0.29, 0.717) is 11.4 Å². The van der Waals surface area contributed by atoms with Gasteiger partial charge in [-0.1, -0.05) is 23.7 Å². The highest BCUT2D eigenvalue weighted by atomic mass is 35.5. The van der Waals surface area contributed by atoms with E-state index in [0.717, 1.165) is 5.56 Å². The van der Waals surface area contributed by atoms with Crippen LogP contribution in [0.25, 0.3) is 0 Å². The first kappa shape index (κ1) is 9.85. The van der Waals surface area contributed by atoms with Crippen molar-refractivity contribution in [2.24, 2.45) is 0 Å².